The van der Waals surface area contributed by atoms with E-state index in [1.54, 1.807) is 0 Å². The predicted octanol–water partition coefficient (Wildman–Crippen LogP) is 1.84. The van der Waals surface area contributed by atoms with Crippen molar-refractivity contribution in [3.05, 3.63) is 34.9 Å². The summed E-state index contributed by atoms with van der Waals surface area (Å²) in [6.07, 6.45) is 1.47. The minimum absolute atomic E-state index is 0.0750. The molecule has 1 aliphatic carbocycles. The minimum atomic E-state index is -0.0750. The molecule has 0 aromatic heterocycles. The normalized spacial score (nSPS) is 20.5. The summed E-state index contributed by atoms with van der Waals surface area (Å²) >= 11 is 0. The molecule has 1 aromatic rings. The number of carbonyl (C=O) groups excluding carboxylic acids is 1. The third kappa shape index (κ3) is 1.27. The van der Waals surface area contributed by atoms with Crippen LogP contribution in [0.5, 0.6) is 0 Å². The lowest BCUT2D eigenvalue weighted by Crippen LogP contribution is -2.05. The number of ketones is 1. The fourth-order valence-electron chi connectivity index (χ4n) is 1.81. The number of aryl methyl sites for hydroxylation is 1. The Bertz CT molecular complexity index is 357. The van der Waals surface area contributed by atoms with Crippen molar-refractivity contribution in [1.29, 1.82) is 0 Å². The number of carbonyl (C=O) groups is 1. The molecule has 13 heavy (non-hydrogen) atoms. The molecule has 0 amide bonds. The highest BCUT2D eigenvalue weighted by Crippen LogP contribution is 2.29. The average Bonchev–Trinajstić information content (AvgIpc) is 2.42. The lowest BCUT2D eigenvalue weighted by Gasteiger charge is -2.04. The standard InChI is InChI=1S/C11H13NO/c1-2-7-3-4-8-9(5-7)10(12)6-11(8)13/h3-5,10H,2,6,12H2,1H3. The molecule has 2 nitrogen and oxygen atoms in total. The van der Waals surface area contributed by atoms with Gasteiger partial charge in [-0.25, -0.2) is 0 Å². The van der Waals surface area contributed by atoms with Crippen LogP contribution in [0.3, 0.4) is 0 Å². The summed E-state index contributed by atoms with van der Waals surface area (Å²) in [7, 11) is 0. The molecule has 0 bridgehead atoms. The van der Waals surface area contributed by atoms with Crippen molar-refractivity contribution in [1.82, 2.24) is 0 Å². The summed E-state index contributed by atoms with van der Waals surface area (Å²) in [6.45, 7) is 2.10. The summed E-state index contributed by atoms with van der Waals surface area (Å²) in [5.74, 6) is 0.185. The van der Waals surface area contributed by atoms with Crippen molar-refractivity contribution in [3.63, 3.8) is 0 Å². The van der Waals surface area contributed by atoms with E-state index >= 15 is 0 Å². The Labute approximate surface area is 77.8 Å². The maximum Gasteiger partial charge on any atom is 0.165 e. The first-order valence-electron chi connectivity index (χ1n) is 4.64. The van der Waals surface area contributed by atoms with Crippen LogP contribution in [-0.4, -0.2) is 5.78 Å². The molecule has 0 aliphatic heterocycles. The molecule has 0 heterocycles. The zero-order valence-electron chi connectivity index (χ0n) is 7.71. The quantitative estimate of drug-likeness (QED) is 0.707. The van der Waals surface area contributed by atoms with Crippen LogP contribution in [0.25, 0.3) is 0 Å². The Morgan fingerprint density at radius 1 is 1.54 bits per heavy atom. The predicted molar refractivity (Wildman–Crippen MR) is 51.7 cm³/mol. The summed E-state index contributed by atoms with van der Waals surface area (Å²) < 4.78 is 0. The first-order chi connectivity index (χ1) is 6.22. The molecule has 1 atom stereocenters. The minimum Gasteiger partial charge on any atom is -0.324 e. The van der Waals surface area contributed by atoms with Crippen molar-refractivity contribution in [2.45, 2.75) is 25.8 Å². The molecule has 1 unspecified atom stereocenters. The molecule has 2 rings (SSSR count). The van der Waals surface area contributed by atoms with Crippen molar-refractivity contribution >= 4 is 5.78 Å². The van der Waals surface area contributed by atoms with Crippen LogP contribution in [0.4, 0.5) is 0 Å². The van der Waals surface area contributed by atoms with Crippen LogP contribution in [0.1, 0.15) is 40.9 Å². The summed E-state index contributed by atoms with van der Waals surface area (Å²) in [5, 5.41) is 0. The number of rotatable bonds is 1. The van der Waals surface area contributed by atoms with Gasteiger partial charge in [-0.1, -0.05) is 25.1 Å². The number of fused-ring (bicyclic) bond motifs is 1. The molecule has 68 valence electrons. The Morgan fingerprint density at radius 3 is 3.00 bits per heavy atom. The lowest BCUT2D eigenvalue weighted by molar-refractivity contribution is 0.0989. The van der Waals surface area contributed by atoms with E-state index in [1.165, 1.54) is 5.56 Å². The first-order valence-corrected chi connectivity index (χ1v) is 4.64. The molecular formula is C11H13NO. The van der Waals surface area contributed by atoms with E-state index in [9.17, 15) is 4.79 Å². The van der Waals surface area contributed by atoms with Gasteiger partial charge in [0, 0.05) is 18.0 Å². The molecule has 0 radical (unpaired) electrons. The van der Waals surface area contributed by atoms with Crippen LogP contribution < -0.4 is 5.73 Å². The molecule has 1 aromatic carbocycles. The van der Waals surface area contributed by atoms with Crippen molar-refractivity contribution in [2.75, 3.05) is 0 Å². The summed E-state index contributed by atoms with van der Waals surface area (Å²) in [4.78, 5) is 11.4. The van der Waals surface area contributed by atoms with E-state index in [0.717, 1.165) is 17.5 Å². The number of nitrogens with two attached hydrogens (primary N) is 1. The number of hydrogen-bond donors (Lipinski definition) is 1. The SMILES string of the molecule is CCc1ccc2c(c1)C(N)CC2=O. The van der Waals surface area contributed by atoms with Gasteiger partial charge in [-0.2, -0.15) is 0 Å². The summed E-state index contributed by atoms with van der Waals surface area (Å²) in [5.41, 5.74) is 8.95. The van der Waals surface area contributed by atoms with Gasteiger partial charge in [0.05, 0.1) is 0 Å². The maximum absolute atomic E-state index is 11.4. The number of hydrogen-bond acceptors (Lipinski definition) is 2. The van der Waals surface area contributed by atoms with Gasteiger partial charge in [0.2, 0.25) is 0 Å². The van der Waals surface area contributed by atoms with E-state index in [1.807, 2.05) is 12.1 Å². The van der Waals surface area contributed by atoms with E-state index in [-0.39, 0.29) is 11.8 Å². The summed E-state index contributed by atoms with van der Waals surface area (Å²) in [6, 6.07) is 5.90. The van der Waals surface area contributed by atoms with Gasteiger partial charge in [-0.05, 0) is 17.5 Å². The molecule has 0 spiro atoms. The maximum atomic E-state index is 11.4. The largest absolute Gasteiger partial charge is 0.324 e. The van der Waals surface area contributed by atoms with E-state index in [4.69, 9.17) is 5.73 Å². The van der Waals surface area contributed by atoms with Crippen LogP contribution >= 0.6 is 0 Å². The molecule has 2 heteroatoms. The van der Waals surface area contributed by atoms with Crippen molar-refractivity contribution in [2.24, 2.45) is 5.73 Å². The fourth-order valence-corrected chi connectivity index (χ4v) is 1.81. The third-order valence-electron chi connectivity index (χ3n) is 2.63. The Hall–Kier alpha value is -1.15. The average molecular weight is 175 g/mol. The second kappa shape index (κ2) is 2.96. The monoisotopic (exact) mass is 175 g/mol. The van der Waals surface area contributed by atoms with Gasteiger partial charge >= 0.3 is 0 Å². The van der Waals surface area contributed by atoms with E-state index < -0.39 is 0 Å². The van der Waals surface area contributed by atoms with Gasteiger partial charge in [0.15, 0.2) is 5.78 Å². The Kier molecular flexibility index (Phi) is 1.93. The Balaban J connectivity index is 2.52. The number of benzene rings is 1. The van der Waals surface area contributed by atoms with Gasteiger partial charge in [0.25, 0.3) is 0 Å². The highest BCUT2D eigenvalue weighted by Gasteiger charge is 2.26. The molecule has 0 fully saturated rings. The van der Waals surface area contributed by atoms with E-state index in [0.29, 0.717) is 6.42 Å². The number of Topliss-reactive ketones (excluding diaryl/α,β-unsaturated/α-hetero) is 1. The smallest absolute Gasteiger partial charge is 0.165 e. The highest BCUT2D eigenvalue weighted by molar-refractivity contribution is 6.01. The molecule has 1 aliphatic rings. The van der Waals surface area contributed by atoms with Crippen LogP contribution in [0.15, 0.2) is 18.2 Å². The van der Waals surface area contributed by atoms with Crippen LogP contribution in [-0.2, 0) is 6.42 Å². The van der Waals surface area contributed by atoms with Gasteiger partial charge in [0.1, 0.15) is 0 Å². The topological polar surface area (TPSA) is 43.1 Å². The van der Waals surface area contributed by atoms with Crippen molar-refractivity contribution < 1.29 is 4.79 Å². The second-order valence-corrected chi connectivity index (χ2v) is 3.51. The van der Waals surface area contributed by atoms with Gasteiger partial charge in [-0.15, -0.1) is 0 Å². The molecular weight excluding hydrogens is 162 g/mol. The highest BCUT2D eigenvalue weighted by atomic mass is 16.1. The van der Waals surface area contributed by atoms with Crippen molar-refractivity contribution in [3.8, 4) is 0 Å². The van der Waals surface area contributed by atoms with Crippen LogP contribution in [0.2, 0.25) is 0 Å². The van der Waals surface area contributed by atoms with Gasteiger partial charge in [-0.3, -0.25) is 4.79 Å². The Morgan fingerprint density at radius 2 is 2.31 bits per heavy atom. The molecule has 2 N–H and O–H groups in total. The molecule has 0 saturated carbocycles. The van der Waals surface area contributed by atoms with E-state index in [2.05, 4.69) is 13.0 Å². The first kappa shape index (κ1) is 8.45. The fraction of sp³-hybridized carbons (Fsp3) is 0.364. The third-order valence-corrected chi connectivity index (χ3v) is 2.63. The van der Waals surface area contributed by atoms with Crippen LogP contribution in [0, 0.1) is 0 Å². The van der Waals surface area contributed by atoms with Gasteiger partial charge < -0.3 is 5.73 Å². The lowest BCUT2D eigenvalue weighted by atomic mass is 10.0. The zero-order chi connectivity index (χ0) is 9.42. The second-order valence-electron chi connectivity index (χ2n) is 3.51. The zero-order valence-corrected chi connectivity index (χ0v) is 7.71. The molecule has 0 saturated heterocycles.